The second kappa shape index (κ2) is 8.18. The molecule has 0 unspecified atom stereocenters. The number of hydrogen-bond acceptors (Lipinski definition) is 7. The van der Waals surface area contributed by atoms with Crippen LogP contribution in [-0.4, -0.2) is 53.3 Å². The number of fused-ring (bicyclic) bond motifs is 1. The van der Waals surface area contributed by atoms with Gasteiger partial charge in [-0.15, -0.1) is 0 Å². The van der Waals surface area contributed by atoms with Gasteiger partial charge in [0.15, 0.2) is 6.29 Å². The molecule has 1 saturated heterocycles. The van der Waals surface area contributed by atoms with Crippen molar-refractivity contribution in [2.45, 2.75) is 6.10 Å². The lowest BCUT2D eigenvalue weighted by atomic mass is 10.1. The van der Waals surface area contributed by atoms with Gasteiger partial charge in [0, 0.05) is 37.0 Å². The van der Waals surface area contributed by atoms with Crippen LogP contribution in [-0.2, 0) is 0 Å². The number of hydrogen-bond donors (Lipinski definition) is 4. The third kappa shape index (κ3) is 4.86. The molecule has 2 atom stereocenters. The minimum atomic E-state index is -1.04. The summed E-state index contributed by atoms with van der Waals surface area (Å²) in [6.07, 6.45) is -0.849. The van der Waals surface area contributed by atoms with Crippen molar-refractivity contribution >= 4 is 23.5 Å². The van der Waals surface area contributed by atoms with E-state index < -0.39 is 17.8 Å². The summed E-state index contributed by atoms with van der Waals surface area (Å²) in [6, 6.07) is 6.15. The Labute approximate surface area is 136 Å². The standard InChI is InChI=1S/C9H5NO3.C6H12N2O3/c11-5-7-3-1-6-2-4-8(12)13-9(6)10-7;9-5-3-7-1-4(5)2-8-6(10)11/h1-5H;4-5,7-9H,1-3H2,(H,10,11)/t;4-,5-/m.1/s1. The molecular weight excluding hydrogens is 318 g/mol. The van der Waals surface area contributed by atoms with Gasteiger partial charge in [0.2, 0.25) is 5.71 Å². The number of aliphatic hydroxyl groups is 1. The van der Waals surface area contributed by atoms with E-state index in [-0.39, 0.29) is 17.3 Å². The van der Waals surface area contributed by atoms with Crippen molar-refractivity contribution in [2.24, 2.45) is 5.92 Å². The van der Waals surface area contributed by atoms with Crippen molar-refractivity contribution in [3.05, 3.63) is 40.4 Å². The van der Waals surface area contributed by atoms with Crippen molar-refractivity contribution in [2.75, 3.05) is 19.6 Å². The molecule has 3 rings (SSSR count). The number of aldehydes is 1. The van der Waals surface area contributed by atoms with Gasteiger partial charge in [0.25, 0.3) is 0 Å². The van der Waals surface area contributed by atoms with Gasteiger partial charge >= 0.3 is 11.7 Å². The number of pyridine rings is 1. The first-order valence-electron chi connectivity index (χ1n) is 7.21. The van der Waals surface area contributed by atoms with Crippen LogP contribution in [0.25, 0.3) is 11.1 Å². The van der Waals surface area contributed by atoms with E-state index in [1.54, 1.807) is 18.2 Å². The van der Waals surface area contributed by atoms with Gasteiger partial charge in [-0.3, -0.25) is 4.79 Å². The Balaban J connectivity index is 0.000000177. The van der Waals surface area contributed by atoms with Crippen molar-refractivity contribution in [3.63, 3.8) is 0 Å². The smallest absolute Gasteiger partial charge is 0.404 e. The van der Waals surface area contributed by atoms with Gasteiger partial charge in [0.1, 0.15) is 5.69 Å². The molecule has 2 aromatic rings. The lowest BCUT2D eigenvalue weighted by molar-refractivity contribution is 0.111. The lowest BCUT2D eigenvalue weighted by Crippen LogP contribution is -2.33. The van der Waals surface area contributed by atoms with E-state index in [9.17, 15) is 19.5 Å². The maximum atomic E-state index is 10.8. The van der Waals surface area contributed by atoms with Gasteiger partial charge in [-0.25, -0.2) is 14.6 Å². The molecule has 0 bridgehead atoms. The number of carboxylic acid groups (broad SMARTS) is 1. The molecule has 9 heteroatoms. The third-order valence-corrected chi connectivity index (χ3v) is 3.45. The first kappa shape index (κ1) is 17.6. The predicted octanol–water partition coefficient (Wildman–Crippen LogP) is -0.165. The first-order chi connectivity index (χ1) is 11.5. The zero-order valence-electron chi connectivity index (χ0n) is 12.6. The summed E-state index contributed by atoms with van der Waals surface area (Å²) in [7, 11) is 0. The van der Waals surface area contributed by atoms with Crippen LogP contribution in [0.2, 0.25) is 0 Å². The molecule has 0 spiro atoms. The fourth-order valence-corrected chi connectivity index (χ4v) is 2.17. The molecule has 1 aliphatic rings. The Hall–Kier alpha value is -2.78. The van der Waals surface area contributed by atoms with Crippen LogP contribution < -0.4 is 16.3 Å². The largest absolute Gasteiger partial charge is 0.465 e. The molecule has 1 fully saturated rings. The zero-order valence-corrected chi connectivity index (χ0v) is 12.6. The molecule has 0 saturated carbocycles. The molecule has 0 aromatic carbocycles. The maximum absolute atomic E-state index is 10.8. The van der Waals surface area contributed by atoms with Crippen molar-refractivity contribution in [1.82, 2.24) is 15.6 Å². The Morgan fingerprint density at radius 3 is 2.75 bits per heavy atom. The number of carbonyl (C=O) groups excluding carboxylic acids is 1. The molecule has 3 heterocycles. The molecular formula is C15H17N3O6. The van der Waals surface area contributed by atoms with Crippen LogP contribution in [0.3, 0.4) is 0 Å². The van der Waals surface area contributed by atoms with E-state index in [0.29, 0.717) is 31.3 Å². The molecule has 4 N–H and O–H groups in total. The topological polar surface area (TPSA) is 142 Å². The van der Waals surface area contributed by atoms with E-state index in [2.05, 4.69) is 15.6 Å². The summed E-state index contributed by atoms with van der Waals surface area (Å²) < 4.78 is 4.78. The summed E-state index contributed by atoms with van der Waals surface area (Å²) in [5.41, 5.74) is -0.0259. The molecule has 1 aliphatic heterocycles. The fourth-order valence-electron chi connectivity index (χ4n) is 2.17. The summed E-state index contributed by atoms with van der Waals surface area (Å²) in [5.74, 6) is 0.0195. The van der Waals surface area contributed by atoms with Gasteiger partial charge in [0.05, 0.1) is 6.10 Å². The number of nitrogens with zero attached hydrogens (tertiary/aromatic N) is 1. The number of rotatable bonds is 3. The lowest BCUT2D eigenvalue weighted by Gasteiger charge is -2.11. The fraction of sp³-hybridized carbons (Fsp3) is 0.333. The highest BCUT2D eigenvalue weighted by Crippen LogP contribution is 2.08. The molecule has 9 nitrogen and oxygen atoms in total. The Morgan fingerprint density at radius 2 is 2.12 bits per heavy atom. The van der Waals surface area contributed by atoms with Crippen LogP contribution in [0.5, 0.6) is 0 Å². The molecule has 1 amide bonds. The van der Waals surface area contributed by atoms with Crippen LogP contribution in [0, 0.1) is 5.92 Å². The summed E-state index contributed by atoms with van der Waals surface area (Å²) in [5, 5.41) is 23.3. The Kier molecular flexibility index (Phi) is 5.99. The van der Waals surface area contributed by atoms with Gasteiger partial charge in [-0.05, 0) is 18.2 Å². The van der Waals surface area contributed by atoms with Gasteiger partial charge < -0.3 is 25.3 Å². The molecule has 24 heavy (non-hydrogen) atoms. The van der Waals surface area contributed by atoms with E-state index in [1.807, 2.05) is 0 Å². The Morgan fingerprint density at radius 1 is 1.38 bits per heavy atom. The molecule has 0 radical (unpaired) electrons. The number of amides is 1. The minimum Gasteiger partial charge on any atom is -0.465 e. The number of aromatic nitrogens is 1. The minimum absolute atomic E-state index is 0.0195. The Bertz CT molecular complexity index is 775. The highest BCUT2D eigenvalue weighted by Gasteiger charge is 2.24. The highest BCUT2D eigenvalue weighted by atomic mass is 16.4. The van der Waals surface area contributed by atoms with Crippen LogP contribution in [0.1, 0.15) is 10.5 Å². The van der Waals surface area contributed by atoms with Gasteiger partial charge in [-0.1, -0.05) is 0 Å². The first-order valence-corrected chi connectivity index (χ1v) is 7.21. The van der Waals surface area contributed by atoms with E-state index in [0.717, 1.165) is 0 Å². The summed E-state index contributed by atoms with van der Waals surface area (Å²) >= 11 is 0. The number of aliphatic hydroxyl groups excluding tert-OH is 1. The highest BCUT2D eigenvalue weighted by molar-refractivity contribution is 5.79. The van der Waals surface area contributed by atoms with Crippen molar-refractivity contribution < 1.29 is 24.2 Å². The van der Waals surface area contributed by atoms with E-state index in [4.69, 9.17) is 9.52 Å². The normalized spacial score (nSPS) is 19.4. The second-order valence-electron chi connectivity index (χ2n) is 5.17. The monoisotopic (exact) mass is 335 g/mol. The molecule has 128 valence electrons. The molecule has 0 aliphatic carbocycles. The number of nitrogens with one attached hydrogen (secondary N) is 2. The average molecular weight is 335 g/mol. The number of carbonyl (C=O) groups is 2. The number of β-amino-alcohol motifs (C(OH)–C–C–N with tert-alkyl or cyclic N) is 1. The average Bonchev–Trinajstić information content (AvgIpc) is 2.98. The third-order valence-electron chi connectivity index (χ3n) is 3.45. The second-order valence-corrected chi connectivity index (χ2v) is 5.17. The maximum Gasteiger partial charge on any atom is 0.404 e. The zero-order chi connectivity index (χ0) is 17.5. The quantitative estimate of drug-likeness (QED) is 0.567. The predicted molar refractivity (Wildman–Crippen MR) is 84.1 cm³/mol. The van der Waals surface area contributed by atoms with Crippen molar-refractivity contribution in [1.29, 1.82) is 0 Å². The van der Waals surface area contributed by atoms with Gasteiger partial charge in [-0.2, -0.15) is 0 Å². The van der Waals surface area contributed by atoms with Crippen LogP contribution >= 0.6 is 0 Å². The SMILES string of the molecule is O=C(O)NC[C@H]1CNC[C@H]1O.O=Cc1ccc2ccc(=O)oc2n1. The van der Waals surface area contributed by atoms with E-state index >= 15 is 0 Å². The summed E-state index contributed by atoms with van der Waals surface area (Å²) in [6.45, 7) is 1.57. The van der Waals surface area contributed by atoms with Crippen molar-refractivity contribution in [3.8, 4) is 0 Å². The van der Waals surface area contributed by atoms with E-state index in [1.165, 1.54) is 6.07 Å². The molecule has 2 aromatic heterocycles. The van der Waals surface area contributed by atoms with Crippen LogP contribution in [0.4, 0.5) is 4.79 Å². The van der Waals surface area contributed by atoms with Crippen LogP contribution in [0.15, 0.2) is 33.5 Å². The summed E-state index contributed by atoms with van der Waals surface area (Å²) in [4.78, 5) is 35.0.